The van der Waals surface area contributed by atoms with E-state index in [1.165, 1.54) is 13.0 Å². The molecule has 0 spiro atoms. The number of ether oxygens (including phenoxy) is 2. The number of halogens is 1. The molecule has 1 aromatic heterocycles. The van der Waals surface area contributed by atoms with Crippen LogP contribution in [0.25, 0.3) is 0 Å². The maximum Gasteiger partial charge on any atom is 0.302 e. The predicted octanol–water partition coefficient (Wildman–Crippen LogP) is 1.77. The number of esters is 1. The minimum absolute atomic E-state index is 0.126. The lowest BCUT2D eigenvalue weighted by molar-refractivity contribution is -0.143. The molecule has 98 valence electrons. The van der Waals surface area contributed by atoms with Crippen molar-refractivity contribution >= 4 is 21.9 Å². The molecule has 0 saturated carbocycles. The first-order valence-corrected chi connectivity index (χ1v) is 6.39. The van der Waals surface area contributed by atoms with Gasteiger partial charge < -0.3 is 14.6 Å². The quantitative estimate of drug-likeness (QED) is 0.680. The third-order valence-corrected chi connectivity index (χ3v) is 3.38. The van der Waals surface area contributed by atoms with Crippen LogP contribution >= 0.6 is 15.9 Å². The Bertz CT molecular complexity index is 437. The number of hydrogen-bond acceptors (Lipinski definition) is 5. The minimum atomic E-state index is -0.465. The van der Waals surface area contributed by atoms with Crippen LogP contribution in [0.4, 0.5) is 0 Å². The molecule has 1 aromatic rings. The van der Waals surface area contributed by atoms with Crippen LogP contribution in [0.5, 0.6) is 5.75 Å². The molecule has 5 nitrogen and oxygen atoms in total. The summed E-state index contributed by atoms with van der Waals surface area (Å²) in [5, 5.41) is 9.63. The van der Waals surface area contributed by atoms with Crippen molar-refractivity contribution in [2.75, 3.05) is 19.8 Å². The second kappa shape index (κ2) is 5.24. The van der Waals surface area contributed by atoms with Crippen LogP contribution in [0.2, 0.25) is 0 Å². The topological polar surface area (TPSA) is 68.7 Å². The van der Waals surface area contributed by atoms with Gasteiger partial charge in [-0.3, -0.25) is 4.79 Å². The number of aromatic nitrogens is 1. The second-order valence-corrected chi connectivity index (χ2v) is 5.21. The van der Waals surface area contributed by atoms with Crippen LogP contribution < -0.4 is 0 Å². The zero-order chi connectivity index (χ0) is 13.2. The van der Waals surface area contributed by atoms with E-state index < -0.39 is 5.41 Å². The molecular formula is C12H14BrNO4. The Hall–Kier alpha value is -1.14. The molecule has 1 aliphatic rings. The minimum Gasteiger partial charge on any atom is -0.508 e. The molecule has 18 heavy (non-hydrogen) atoms. The zero-order valence-electron chi connectivity index (χ0n) is 9.98. The van der Waals surface area contributed by atoms with Gasteiger partial charge in [-0.2, -0.15) is 0 Å². The lowest BCUT2D eigenvalue weighted by atomic mass is 9.84. The lowest BCUT2D eigenvalue weighted by Gasteiger charge is -2.26. The number of nitrogens with zero attached hydrogens (tertiary/aromatic N) is 1. The summed E-state index contributed by atoms with van der Waals surface area (Å²) in [6.45, 7) is 2.61. The van der Waals surface area contributed by atoms with Crippen LogP contribution in [-0.2, 0) is 19.7 Å². The largest absolute Gasteiger partial charge is 0.508 e. The van der Waals surface area contributed by atoms with Crippen molar-refractivity contribution in [1.82, 2.24) is 4.98 Å². The number of aromatic hydroxyl groups is 1. The van der Waals surface area contributed by atoms with Crippen molar-refractivity contribution in [2.45, 2.75) is 18.8 Å². The van der Waals surface area contributed by atoms with Crippen molar-refractivity contribution in [3.05, 3.63) is 22.4 Å². The molecule has 1 fully saturated rings. The summed E-state index contributed by atoms with van der Waals surface area (Å²) in [5.74, 6) is -0.207. The Morgan fingerprint density at radius 2 is 2.44 bits per heavy atom. The fourth-order valence-electron chi connectivity index (χ4n) is 1.99. The molecule has 1 atom stereocenters. The molecule has 2 heterocycles. The Morgan fingerprint density at radius 1 is 1.67 bits per heavy atom. The van der Waals surface area contributed by atoms with Crippen molar-refractivity contribution in [3.8, 4) is 5.75 Å². The molecule has 0 bridgehead atoms. The monoisotopic (exact) mass is 315 g/mol. The molecule has 1 N–H and O–H groups in total. The van der Waals surface area contributed by atoms with E-state index in [1.54, 1.807) is 6.07 Å². The maximum atomic E-state index is 11.0. The van der Waals surface area contributed by atoms with E-state index in [2.05, 4.69) is 20.9 Å². The van der Waals surface area contributed by atoms with Gasteiger partial charge in [0.25, 0.3) is 0 Å². The van der Waals surface area contributed by atoms with Gasteiger partial charge >= 0.3 is 5.97 Å². The summed E-state index contributed by atoms with van der Waals surface area (Å²) in [6, 6.07) is 3.10. The maximum absolute atomic E-state index is 11.0. The standard InChI is InChI=1S/C12H14BrNO4/c1-8(15)18-7-12(2-3-17-6-12)10-4-9(16)5-11(13)14-10/h4-5H,2-3,6-7H2,1H3,(H,14,16). The number of carbonyl (C=O) groups is 1. The van der Waals surface area contributed by atoms with E-state index in [-0.39, 0.29) is 18.3 Å². The molecule has 0 aromatic carbocycles. The van der Waals surface area contributed by atoms with Crippen LogP contribution in [0.1, 0.15) is 19.0 Å². The van der Waals surface area contributed by atoms with Crippen LogP contribution in [-0.4, -0.2) is 35.9 Å². The van der Waals surface area contributed by atoms with Gasteiger partial charge in [-0.1, -0.05) is 0 Å². The zero-order valence-corrected chi connectivity index (χ0v) is 11.6. The Labute approximate surface area is 113 Å². The number of pyridine rings is 1. The van der Waals surface area contributed by atoms with Gasteiger partial charge in [-0.15, -0.1) is 0 Å². The van der Waals surface area contributed by atoms with Gasteiger partial charge in [0.1, 0.15) is 17.0 Å². The van der Waals surface area contributed by atoms with Crippen LogP contribution in [0, 0.1) is 0 Å². The van der Waals surface area contributed by atoms with Gasteiger partial charge in [-0.25, -0.2) is 4.98 Å². The molecule has 1 aliphatic heterocycles. The number of hydrogen-bond donors (Lipinski definition) is 1. The predicted molar refractivity (Wildman–Crippen MR) is 67.3 cm³/mol. The Morgan fingerprint density at radius 3 is 3.00 bits per heavy atom. The summed E-state index contributed by atoms with van der Waals surface area (Å²) in [5.41, 5.74) is 0.209. The van der Waals surface area contributed by atoms with E-state index in [0.717, 1.165) is 0 Å². The van der Waals surface area contributed by atoms with Crippen molar-refractivity contribution in [3.63, 3.8) is 0 Å². The van der Waals surface area contributed by atoms with Gasteiger partial charge in [0.15, 0.2) is 0 Å². The fourth-order valence-corrected chi connectivity index (χ4v) is 2.42. The highest BCUT2D eigenvalue weighted by Gasteiger charge is 2.40. The SMILES string of the molecule is CC(=O)OCC1(c2cc(O)cc(Br)n2)CCOC1. The molecule has 0 radical (unpaired) electrons. The fraction of sp³-hybridized carbons (Fsp3) is 0.500. The van der Waals surface area contributed by atoms with E-state index >= 15 is 0 Å². The molecule has 1 unspecified atom stereocenters. The molecule has 6 heteroatoms. The van der Waals surface area contributed by atoms with Gasteiger partial charge in [-0.05, 0) is 22.4 Å². The van der Waals surface area contributed by atoms with Crippen molar-refractivity contribution in [1.29, 1.82) is 0 Å². The summed E-state index contributed by atoms with van der Waals surface area (Å²) in [4.78, 5) is 15.3. The van der Waals surface area contributed by atoms with Crippen LogP contribution in [0.3, 0.4) is 0 Å². The molecule has 0 amide bonds. The average molecular weight is 316 g/mol. The van der Waals surface area contributed by atoms with Crippen LogP contribution in [0.15, 0.2) is 16.7 Å². The summed E-state index contributed by atoms with van der Waals surface area (Å²) >= 11 is 3.24. The summed E-state index contributed by atoms with van der Waals surface area (Å²) in [6.07, 6.45) is 0.711. The summed E-state index contributed by atoms with van der Waals surface area (Å²) in [7, 11) is 0. The lowest BCUT2D eigenvalue weighted by Crippen LogP contribution is -2.34. The summed E-state index contributed by atoms with van der Waals surface area (Å²) < 4.78 is 11.1. The van der Waals surface area contributed by atoms with E-state index in [0.29, 0.717) is 29.9 Å². The molecule has 1 saturated heterocycles. The average Bonchev–Trinajstić information content (AvgIpc) is 2.75. The highest BCUT2D eigenvalue weighted by atomic mass is 79.9. The number of carbonyl (C=O) groups excluding carboxylic acids is 1. The van der Waals surface area contributed by atoms with Crippen molar-refractivity contribution < 1.29 is 19.4 Å². The van der Waals surface area contributed by atoms with Crippen molar-refractivity contribution in [2.24, 2.45) is 0 Å². The highest BCUT2D eigenvalue weighted by molar-refractivity contribution is 9.10. The van der Waals surface area contributed by atoms with Gasteiger partial charge in [0.2, 0.25) is 0 Å². The Kier molecular flexibility index (Phi) is 3.87. The van der Waals surface area contributed by atoms with E-state index in [4.69, 9.17) is 9.47 Å². The molecule has 2 rings (SSSR count). The second-order valence-electron chi connectivity index (χ2n) is 4.40. The molecular weight excluding hydrogens is 302 g/mol. The van der Waals surface area contributed by atoms with Gasteiger partial charge in [0, 0.05) is 25.7 Å². The number of rotatable bonds is 3. The Balaban J connectivity index is 2.31. The first-order valence-electron chi connectivity index (χ1n) is 5.60. The molecule has 0 aliphatic carbocycles. The third-order valence-electron chi connectivity index (χ3n) is 2.98. The van der Waals surface area contributed by atoms with E-state index in [1.807, 2.05) is 0 Å². The normalized spacial score (nSPS) is 23.0. The smallest absolute Gasteiger partial charge is 0.302 e. The third kappa shape index (κ3) is 2.81. The van der Waals surface area contributed by atoms with Gasteiger partial charge in [0.05, 0.1) is 17.7 Å². The first kappa shape index (κ1) is 13.3. The highest BCUT2D eigenvalue weighted by Crippen LogP contribution is 2.35. The van der Waals surface area contributed by atoms with E-state index in [9.17, 15) is 9.90 Å². The first-order chi connectivity index (χ1) is 8.52.